The van der Waals surface area contributed by atoms with Gasteiger partial charge in [0.15, 0.2) is 0 Å². The number of aliphatic hydroxyl groups excluding tert-OH is 1. The van der Waals surface area contributed by atoms with E-state index >= 15 is 0 Å². The number of hydrogen-bond acceptors (Lipinski definition) is 4. The molecule has 0 radical (unpaired) electrons. The van der Waals surface area contributed by atoms with Crippen LogP contribution < -0.4 is 0 Å². The van der Waals surface area contributed by atoms with E-state index in [9.17, 15) is 4.39 Å². The number of aliphatic hydroxyl groups is 1. The van der Waals surface area contributed by atoms with Gasteiger partial charge in [-0.15, -0.1) is 11.8 Å². The second-order valence-corrected chi connectivity index (χ2v) is 8.42. The molecular formula is C19H35FN2OS. The molecule has 0 spiro atoms. The van der Waals surface area contributed by atoms with Gasteiger partial charge in [-0.3, -0.25) is 9.89 Å². The summed E-state index contributed by atoms with van der Waals surface area (Å²) in [7, 11) is 1.00. The van der Waals surface area contributed by atoms with E-state index in [0.29, 0.717) is 5.75 Å². The van der Waals surface area contributed by atoms with Gasteiger partial charge in [0.1, 0.15) is 5.67 Å². The summed E-state index contributed by atoms with van der Waals surface area (Å²) in [4.78, 5) is 7.97. The fourth-order valence-electron chi connectivity index (χ4n) is 3.37. The highest BCUT2D eigenvalue weighted by atomic mass is 32.2. The van der Waals surface area contributed by atoms with Crippen molar-refractivity contribution in [1.82, 2.24) is 4.90 Å². The molecule has 0 saturated heterocycles. The van der Waals surface area contributed by atoms with E-state index in [1.54, 1.807) is 25.6 Å². The van der Waals surface area contributed by atoms with Crippen LogP contribution in [-0.2, 0) is 0 Å². The molecule has 2 aliphatic rings. The third-order valence-electron chi connectivity index (χ3n) is 4.71. The number of thioether (sulfide) groups is 1. The van der Waals surface area contributed by atoms with Gasteiger partial charge in [-0.1, -0.05) is 32.1 Å². The minimum Gasteiger partial charge on any atom is -0.400 e. The molecule has 0 amide bonds. The van der Waals surface area contributed by atoms with Crippen molar-refractivity contribution in [1.29, 1.82) is 0 Å². The smallest absolute Gasteiger partial charge is 0.114 e. The third-order valence-corrected chi connectivity index (χ3v) is 6.33. The molecule has 1 fully saturated rings. The van der Waals surface area contributed by atoms with Crippen LogP contribution in [0.2, 0.25) is 0 Å². The second-order valence-electron chi connectivity index (χ2n) is 7.35. The predicted octanol–water partition coefficient (Wildman–Crippen LogP) is 4.66. The van der Waals surface area contributed by atoms with E-state index in [0.717, 1.165) is 38.2 Å². The quantitative estimate of drug-likeness (QED) is 0.672. The first-order valence-corrected chi connectivity index (χ1v) is 10.1. The van der Waals surface area contributed by atoms with Gasteiger partial charge in [0.25, 0.3) is 0 Å². The lowest BCUT2D eigenvalue weighted by Gasteiger charge is -2.31. The SMILES string of the molecule is C=NC1=C(SCC(C)(C)F)CCN(CCC2CCCCC2)C1.CO. The molecule has 24 heavy (non-hydrogen) atoms. The monoisotopic (exact) mass is 358 g/mol. The van der Waals surface area contributed by atoms with E-state index in [4.69, 9.17) is 5.11 Å². The van der Waals surface area contributed by atoms with Crippen molar-refractivity contribution in [3.05, 3.63) is 10.6 Å². The lowest BCUT2D eigenvalue weighted by Crippen LogP contribution is -2.33. The molecule has 3 nitrogen and oxygen atoms in total. The Morgan fingerprint density at radius 2 is 1.96 bits per heavy atom. The normalized spacial score (nSPS) is 20.5. The number of alkyl halides is 1. The van der Waals surface area contributed by atoms with Crippen LogP contribution in [0.15, 0.2) is 15.6 Å². The van der Waals surface area contributed by atoms with Gasteiger partial charge < -0.3 is 5.11 Å². The van der Waals surface area contributed by atoms with Gasteiger partial charge >= 0.3 is 0 Å². The van der Waals surface area contributed by atoms with Crippen LogP contribution in [0.1, 0.15) is 58.8 Å². The molecule has 1 aliphatic heterocycles. The zero-order chi connectivity index (χ0) is 18.0. The van der Waals surface area contributed by atoms with E-state index in [-0.39, 0.29) is 0 Å². The fraction of sp³-hybridized carbons (Fsp3) is 0.842. The zero-order valence-electron chi connectivity index (χ0n) is 15.7. The van der Waals surface area contributed by atoms with Crippen molar-refractivity contribution in [2.75, 3.05) is 32.5 Å². The van der Waals surface area contributed by atoms with Crippen molar-refractivity contribution in [2.45, 2.75) is 64.5 Å². The maximum atomic E-state index is 13.7. The van der Waals surface area contributed by atoms with E-state index in [1.807, 2.05) is 0 Å². The average molecular weight is 359 g/mol. The van der Waals surface area contributed by atoms with Gasteiger partial charge in [-0.25, -0.2) is 4.39 Å². The summed E-state index contributed by atoms with van der Waals surface area (Å²) >= 11 is 1.63. The summed E-state index contributed by atoms with van der Waals surface area (Å²) in [5, 5.41) is 7.00. The maximum absolute atomic E-state index is 13.7. The van der Waals surface area contributed by atoms with Gasteiger partial charge in [-0.2, -0.15) is 0 Å². The van der Waals surface area contributed by atoms with Gasteiger partial charge in [0.2, 0.25) is 0 Å². The predicted molar refractivity (Wildman–Crippen MR) is 105 cm³/mol. The Labute approximate surface area is 151 Å². The molecule has 0 unspecified atom stereocenters. The fourth-order valence-corrected chi connectivity index (χ4v) is 4.42. The summed E-state index contributed by atoms with van der Waals surface area (Å²) in [6.45, 7) is 10.2. The van der Waals surface area contributed by atoms with Crippen LogP contribution in [0.25, 0.3) is 0 Å². The molecule has 0 aromatic heterocycles. The Morgan fingerprint density at radius 3 is 2.54 bits per heavy atom. The van der Waals surface area contributed by atoms with Crippen molar-refractivity contribution in [2.24, 2.45) is 10.9 Å². The Hall–Kier alpha value is -0.390. The number of hydrogen-bond donors (Lipinski definition) is 1. The molecule has 140 valence electrons. The topological polar surface area (TPSA) is 35.8 Å². The largest absolute Gasteiger partial charge is 0.400 e. The number of halogens is 1. The molecule has 0 aromatic rings. The molecule has 0 bridgehead atoms. The van der Waals surface area contributed by atoms with Crippen LogP contribution >= 0.6 is 11.8 Å². The minimum atomic E-state index is -1.12. The van der Waals surface area contributed by atoms with Crippen LogP contribution in [-0.4, -0.2) is 54.9 Å². The van der Waals surface area contributed by atoms with Gasteiger partial charge in [0.05, 0.1) is 5.70 Å². The minimum absolute atomic E-state index is 0.503. The molecule has 0 atom stereocenters. The van der Waals surface area contributed by atoms with E-state index in [1.165, 1.54) is 50.0 Å². The van der Waals surface area contributed by atoms with E-state index in [2.05, 4.69) is 16.6 Å². The Bertz CT molecular complexity index is 401. The summed E-state index contributed by atoms with van der Waals surface area (Å²) in [6.07, 6.45) is 9.43. The summed E-state index contributed by atoms with van der Waals surface area (Å²) in [5.41, 5.74) is -0.0497. The highest BCUT2D eigenvalue weighted by Crippen LogP contribution is 2.33. The second kappa shape index (κ2) is 11.3. The molecular weight excluding hydrogens is 323 g/mol. The number of rotatable bonds is 7. The first-order chi connectivity index (χ1) is 11.5. The van der Waals surface area contributed by atoms with Gasteiger partial charge in [0, 0.05) is 30.9 Å². The lowest BCUT2D eigenvalue weighted by molar-refractivity contribution is 0.239. The first-order valence-electron chi connectivity index (χ1n) is 9.15. The van der Waals surface area contributed by atoms with Gasteiger partial charge in [-0.05, 0) is 45.9 Å². The molecule has 2 rings (SSSR count). The van der Waals surface area contributed by atoms with Crippen LogP contribution in [0.4, 0.5) is 4.39 Å². The standard InChI is InChI=1S/C18H31FN2S.CH4O/c1-18(2,19)14-22-17-10-12-21(13-16(17)20-3)11-9-15-7-5-4-6-8-15;1-2/h15H,3-14H2,1-2H3;2H,1H3. The molecule has 5 heteroatoms. The molecule has 1 saturated carbocycles. The Morgan fingerprint density at radius 1 is 1.29 bits per heavy atom. The Kier molecular flexibility index (Phi) is 10.2. The Balaban J connectivity index is 0.00000139. The third kappa shape index (κ3) is 8.13. The van der Waals surface area contributed by atoms with Crippen molar-refractivity contribution in [3.63, 3.8) is 0 Å². The molecule has 1 N–H and O–H groups in total. The first kappa shape index (κ1) is 21.7. The maximum Gasteiger partial charge on any atom is 0.114 e. The van der Waals surface area contributed by atoms with E-state index < -0.39 is 5.67 Å². The molecule has 1 aliphatic carbocycles. The highest BCUT2D eigenvalue weighted by Gasteiger charge is 2.23. The zero-order valence-corrected chi connectivity index (χ0v) is 16.5. The lowest BCUT2D eigenvalue weighted by atomic mass is 9.87. The molecule has 0 aromatic carbocycles. The highest BCUT2D eigenvalue weighted by molar-refractivity contribution is 8.03. The van der Waals surface area contributed by atoms with Crippen LogP contribution in [0, 0.1) is 5.92 Å². The van der Waals surface area contributed by atoms with Crippen LogP contribution in [0.5, 0.6) is 0 Å². The van der Waals surface area contributed by atoms with Crippen molar-refractivity contribution in [3.8, 4) is 0 Å². The van der Waals surface area contributed by atoms with Crippen LogP contribution in [0.3, 0.4) is 0 Å². The summed E-state index contributed by atoms with van der Waals surface area (Å²) in [5.74, 6) is 1.43. The van der Waals surface area contributed by atoms with Crippen molar-refractivity contribution >= 4 is 18.5 Å². The molecule has 1 heterocycles. The van der Waals surface area contributed by atoms with Crippen molar-refractivity contribution < 1.29 is 9.50 Å². The number of aliphatic imine (C=N–C) groups is 1. The summed E-state index contributed by atoms with van der Waals surface area (Å²) in [6, 6.07) is 0. The summed E-state index contributed by atoms with van der Waals surface area (Å²) < 4.78 is 13.7. The average Bonchev–Trinajstić information content (AvgIpc) is 2.60. The number of nitrogens with zero attached hydrogens (tertiary/aromatic N) is 2.